The molecule has 1 rings (SSSR count). The van der Waals surface area contributed by atoms with Crippen LogP contribution in [0.3, 0.4) is 0 Å². The second-order valence-electron chi connectivity index (χ2n) is 3.90. The highest BCUT2D eigenvalue weighted by Gasteiger charge is 2.23. The van der Waals surface area contributed by atoms with Crippen LogP contribution in [0.4, 0.5) is 0 Å². The van der Waals surface area contributed by atoms with E-state index in [-0.39, 0.29) is 10.6 Å². The van der Waals surface area contributed by atoms with Crippen molar-refractivity contribution in [3.05, 3.63) is 11.2 Å². The highest BCUT2D eigenvalue weighted by Crippen LogP contribution is 2.18. The SMILES string of the molecule is CCCC(CC(=O)O)NS(=O)(=O)c1cnc(C)s1. The number of carboxylic acids is 1. The summed E-state index contributed by atoms with van der Waals surface area (Å²) in [6, 6.07) is -0.583. The van der Waals surface area contributed by atoms with Crippen LogP contribution in [-0.4, -0.2) is 30.5 Å². The second kappa shape index (κ2) is 6.26. The predicted octanol–water partition coefficient (Wildman–Crippen LogP) is 1.37. The third-order valence-corrected chi connectivity index (χ3v) is 5.14. The normalized spacial score (nSPS) is 13.4. The zero-order valence-electron chi connectivity index (χ0n) is 10.2. The Kier molecular flexibility index (Phi) is 5.24. The van der Waals surface area contributed by atoms with Crippen LogP contribution in [0.2, 0.25) is 0 Å². The van der Waals surface area contributed by atoms with Gasteiger partial charge in [0.15, 0.2) is 4.21 Å². The fourth-order valence-electron chi connectivity index (χ4n) is 1.51. The molecule has 0 radical (unpaired) electrons. The number of hydrogen-bond acceptors (Lipinski definition) is 5. The van der Waals surface area contributed by atoms with Crippen LogP contribution in [0.5, 0.6) is 0 Å². The summed E-state index contributed by atoms with van der Waals surface area (Å²) >= 11 is 1.06. The van der Waals surface area contributed by atoms with Crippen molar-refractivity contribution in [3.8, 4) is 0 Å². The standard InChI is InChI=1S/C10H16N2O4S2/c1-3-4-8(5-9(13)14)12-18(15,16)10-6-11-7(2)17-10/h6,8,12H,3-5H2,1-2H3,(H,13,14). The van der Waals surface area contributed by atoms with E-state index in [4.69, 9.17) is 5.11 Å². The van der Waals surface area contributed by atoms with E-state index >= 15 is 0 Å². The fraction of sp³-hybridized carbons (Fsp3) is 0.600. The average Bonchev–Trinajstić information content (AvgIpc) is 2.64. The molecule has 0 aromatic carbocycles. The van der Waals surface area contributed by atoms with Crippen molar-refractivity contribution in [2.75, 3.05) is 0 Å². The Hall–Kier alpha value is -0.990. The van der Waals surface area contributed by atoms with Crippen LogP contribution in [0.25, 0.3) is 0 Å². The van der Waals surface area contributed by atoms with Crippen LogP contribution >= 0.6 is 11.3 Å². The van der Waals surface area contributed by atoms with Crippen molar-refractivity contribution < 1.29 is 18.3 Å². The van der Waals surface area contributed by atoms with E-state index in [1.807, 2.05) is 6.92 Å². The average molecular weight is 292 g/mol. The van der Waals surface area contributed by atoms with Gasteiger partial charge in [-0.1, -0.05) is 13.3 Å². The zero-order chi connectivity index (χ0) is 13.8. The molecule has 0 spiro atoms. The molecule has 18 heavy (non-hydrogen) atoms. The van der Waals surface area contributed by atoms with Crippen LogP contribution in [0.15, 0.2) is 10.4 Å². The molecule has 102 valence electrons. The van der Waals surface area contributed by atoms with Gasteiger partial charge < -0.3 is 5.11 Å². The van der Waals surface area contributed by atoms with E-state index in [2.05, 4.69) is 9.71 Å². The molecule has 0 fully saturated rings. The molecule has 1 aromatic heterocycles. The lowest BCUT2D eigenvalue weighted by atomic mass is 10.1. The summed E-state index contributed by atoms with van der Waals surface area (Å²) < 4.78 is 26.5. The Morgan fingerprint density at radius 1 is 1.61 bits per heavy atom. The number of aromatic nitrogens is 1. The van der Waals surface area contributed by atoms with Crippen molar-refractivity contribution in [3.63, 3.8) is 0 Å². The topological polar surface area (TPSA) is 96.4 Å². The number of rotatable bonds is 7. The molecule has 0 saturated carbocycles. The van der Waals surface area contributed by atoms with E-state index in [1.54, 1.807) is 6.92 Å². The number of aliphatic carboxylic acids is 1. The maximum Gasteiger partial charge on any atom is 0.304 e. The second-order valence-corrected chi connectivity index (χ2v) is 7.08. The van der Waals surface area contributed by atoms with Crippen LogP contribution < -0.4 is 4.72 Å². The first-order valence-electron chi connectivity index (χ1n) is 5.51. The number of carboxylic acid groups (broad SMARTS) is 1. The van der Waals surface area contributed by atoms with Crippen molar-refractivity contribution in [2.24, 2.45) is 0 Å². The smallest absolute Gasteiger partial charge is 0.304 e. The molecule has 1 heterocycles. The quantitative estimate of drug-likeness (QED) is 0.791. The summed E-state index contributed by atoms with van der Waals surface area (Å²) in [5.41, 5.74) is 0. The van der Waals surface area contributed by atoms with Gasteiger partial charge in [0.25, 0.3) is 10.0 Å². The zero-order valence-corrected chi connectivity index (χ0v) is 11.8. The summed E-state index contributed by atoms with van der Waals surface area (Å²) in [6.45, 7) is 3.59. The lowest BCUT2D eigenvalue weighted by Gasteiger charge is -2.15. The molecular formula is C10H16N2O4S2. The first-order chi connectivity index (χ1) is 8.35. The molecule has 8 heteroatoms. The minimum absolute atomic E-state index is 0.117. The van der Waals surface area contributed by atoms with Crippen molar-refractivity contribution in [1.29, 1.82) is 0 Å². The Morgan fingerprint density at radius 2 is 2.28 bits per heavy atom. The van der Waals surface area contributed by atoms with Gasteiger partial charge in [0.2, 0.25) is 0 Å². The van der Waals surface area contributed by atoms with Gasteiger partial charge >= 0.3 is 5.97 Å². The Labute approximate surface area is 110 Å². The van der Waals surface area contributed by atoms with Gasteiger partial charge in [0.1, 0.15) is 0 Å². The molecule has 0 aliphatic carbocycles. The van der Waals surface area contributed by atoms with E-state index in [0.717, 1.165) is 11.3 Å². The molecule has 0 aliphatic heterocycles. The number of thiazole rings is 1. The maximum absolute atomic E-state index is 12.0. The van der Waals surface area contributed by atoms with E-state index < -0.39 is 22.0 Å². The van der Waals surface area contributed by atoms with Crippen LogP contribution in [-0.2, 0) is 14.8 Å². The number of aryl methyl sites for hydroxylation is 1. The lowest BCUT2D eigenvalue weighted by molar-refractivity contribution is -0.137. The monoisotopic (exact) mass is 292 g/mol. The van der Waals surface area contributed by atoms with Crippen LogP contribution in [0.1, 0.15) is 31.2 Å². The largest absolute Gasteiger partial charge is 0.481 e. The molecule has 0 aliphatic rings. The fourth-order valence-corrected chi connectivity index (χ4v) is 3.90. The first-order valence-corrected chi connectivity index (χ1v) is 7.81. The lowest BCUT2D eigenvalue weighted by Crippen LogP contribution is -2.36. The molecule has 6 nitrogen and oxygen atoms in total. The summed E-state index contributed by atoms with van der Waals surface area (Å²) in [7, 11) is -3.66. The number of nitrogens with zero attached hydrogens (tertiary/aromatic N) is 1. The van der Waals surface area contributed by atoms with E-state index in [9.17, 15) is 13.2 Å². The predicted molar refractivity (Wildman–Crippen MR) is 68.1 cm³/mol. The highest BCUT2D eigenvalue weighted by molar-refractivity contribution is 7.91. The van der Waals surface area contributed by atoms with Gasteiger partial charge in [0, 0.05) is 6.04 Å². The van der Waals surface area contributed by atoms with Crippen LogP contribution in [0, 0.1) is 6.92 Å². The molecular weight excluding hydrogens is 276 g/mol. The number of nitrogens with one attached hydrogen (secondary N) is 1. The molecule has 1 aromatic rings. The molecule has 2 N–H and O–H groups in total. The minimum Gasteiger partial charge on any atom is -0.481 e. The molecule has 0 saturated heterocycles. The summed E-state index contributed by atoms with van der Waals surface area (Å²) in [5, 5.41) is 9.39. The molecule has 0 bridgehead atoms. The highest BCUT2D eigenvalue weighted by atomic mass is 32.2. The van der Waals surface area contributed by atoms with Gasteiger partial charge in [-0.15, -0.1) is 11.3 Å². The van der Waals surface area contributed by atoms with Crippen molar-refractivity contribution >= 4 is 27.3 Å². The first kappa shape index (κ1) is 15.1. The Morgan fingerprint density at radius 3 is 2.72 bits per heavy atom. The van der Waals surface area contributed by atoms with Gasteiger partial charge in [-0.2, -0.15) is 0 Å². The summed E-state index contributed by atoms with van der Waals surface area (Å²) in [4.78, 5) is 14.5. The molecule has 1 unspecified atom stereocenters. The maximum atomic E-state index is 12.0. The van der Waals surface area contributed by atoms with Gasteiger partial charge in [0.05, 0.1) is 17.6 Å². The van der Waals surface area contributed by atoms with E-state index in [0.29, 0.717) is 17.8 Å². The molecule has 1 atom stereocenters. The Balaban J connectivity index is 2.82. The third kappa shape index (κ3) is 4.35. The number of carbonyl (C=O) groups is 1. The van der Waals surface area contributed by atoms with Gasteiger partial charge in [-0.05, 0) is 13.3 Å². The minimum atomic E-state index is -3.66. The van der Waals surface area contributed by atoms with Crippen molar-refractivity contribution in [2.45, 2.75) is 43.4 Å². The van der Waals surface area contributed by atoms with Gasteiger partial charge in [-0.3, -0.25) is 4.79 Å². The Bertz CT molecular complexity index is 510. The third-order valence-electron chi connectivity index (χ3n) is 2.24. The number of sulfonamides is 1. The van der Waals surface area contributed by atoms with Gasteiger partial charge in [-0.25, -0.2) is 18.1 Å². The summed E-state index contributed by atoms with van der Waals surface area (Å²) in [5.74, 6) is -1.02. The van der Waals surface area contributed by atoms with Crippen molar-refractivity contribution in [1.82, 2.24) is 9.71 Å². The number of hydrogen-bond donors (Lipinski definition) is 2. The molecule has 0 amide bonds. The summed E-state index contributed by atoms with van der Waals surface area (Å²) in [6.07, 6.45) is 2.27. The van der Waals surface area contributed by atoms with E-state index in [1.165, 1.54) is 6.20 Å².